The van der Waals surface area contributed by atoms with E-state index < -0.39 is 5.72 Å². The van der Waals surface area contributed by atoms with Gasteiger partial charge in [-0.15, -0.1) is 0 Å². The van der Waals surface area contributed by atoms with Crippen LogP contribution in [0.1, 0.15) is 24.0 Å². The molecule has 1 atom stereocenters. The number of hydrogen-bond acceptors (Lipinski definition) is 3. The highest BCUT2D eigenvalue weighted by atomic mass is 16.5. The summed E-state index contributed by atoms with van der Waals surface area (Å²) in [6.45, 7) is 1.59. The highest BCUT2D eigenvalue weighted by molar-refractivity contribution is 6.01. The Morgan fingerprint density at radius 1 is 0.879 bits per heavy atom. The third-order valence-corrected chi connectivity index (χ3v) is 6.30. The first-order valence-electron chi connectivity index (χ1n) is 11.5. The van der Waals surface area contributed by atoms with Crippen LogP contribution in [0, 0.1) is 0 Å². The molecule has 0 fully saturated rings. The second-order valence-electron chi connectivity index (χ2n) is 8.36. The van der Waals surface area contributed by atoms with Crippen LogP contribution >= 0.6 is 0 Å². The van der Waals surface area contributed by atoms with E-state index in [1.807, 2.05) is 77.7 Å². The van der Waals surface area contributed by atoms with Crippen LogP contribution in [0.3, 0.4) is 0 Å². The fourth-order valence-electron chi connectivity index (χ4n) is 4.81. The second kappa shape index (κ2) is 9.47. The minimum Gasteiger partial charge on any atom is -0.383 e. The van der Waals surface area contributed by atoms with E-state index in [0.717, 1.165) is 40.8 Å². The van der Waals surface area contributed by atoms with Gasteiger partial charge in [0.15, 0.2) is 5.72 Å². The first kappa shape index (κ1) is 21.2. The number of amides is 1. The van der Waals surface area contributed by atoms with Gasteiger partial charge in [0.05, 0.1) is 6.61 Å². The Kier molecular flexibility index (Phi) is 6.09. The summed E-state index contributed by atoms with van der Waals surface area (Å²) in [4.78, 5) is 15.6. The Balaban J connectivity index is 1.51. The molecule has 1 heterocycles. The molecule has 2 aliphatic rings. The fourth-order valence-corrected chi connectivity index (χ4v) is 4.81. The van der Waals surface area contributed by atoms with Crippen molar-refractivity contribution < 1.29 is 9.53 Å². The van der Waals surface area contributed by atoms with Gasteiger partial charge in [0, 0.05) is 29.9 Å². The molecule has 1 unspecified atom stereocenters. The smallest absolute Gasteiger partial charge is 0.257 e. The summed E-state index contributed by atoms with van der Waals surface area (Å²) in [6, 6.07) is 30.4. The van der Waals surface area contributed by atoms with Crippen molar-refractivity contribution in [3.8, 4) is 0 Å². The van der Waals surface area contributed by atoms with Crippen molar-refractivity contribution in [1.82, 2.24) is 4.90 Å². The molecule has 4 nitrogen and oxygen atoms in total. The quantitative estimate of drug-likeness (QED) is 0.464. The zero-order valence-corrected chi connectivity index (χ0v) is 18.6. The summed E-state index contributed by atoms with van der Waals surface area (Å²) < 4.78 is 6.77. The topological polar surface area (TPSA) is 41.6 Å². The molecule has 0 radical (unpaired) electrons. The molecule has 3 aromatic carbocycles. The molecular weight excluding hydrogens is 408 g/mol. The maximum absolute atomic E-state index is 13.7. The Labute approximate surface area is 195 Å². The van der Waals surface area contributed by atoms with Gasteiger partial charge < -0.3 is 10.1 Å². The van der Waals surface area contributed by atoms with Gasteiger partial charge in [0.25, 0.3) is 5.91 Å². The van der Waals surface area contributed by atoms with Crippen molar-refractivity contribution in [2.24, 2.45) is 0 Å². The molecule has 1 N–H and O–H groups in total. The first-order chi connectivity index (χ1) is 16.3. The van der Waals surface area contributed by atoms with Gasteiger partial charge in [-0.1, -0.05) is 91.0 Å². The fraction of sp³-hybridized carbons (Fsp3) is 0.207. The van der Waals surface area contributed by atoms with E-state index in [9.17, 15) is 4.79 Å². The van der Waals surface area contributed by atoms with E-state index in [-0.39, 0.29) is 5.91 Å². The largest absolute Gasteiger partial charge is 0.383 e. The Morgan fingerprint density at radius 2 is 1.55 bits per heavy atom. The summed E-state index contributed by atoms with van der Waals surface area (Å²) in [5.74, 6) is 0.0321. The maximum atomic E-state index is 13.7. The van der Waals surface area contributed by atoms with Crippen LogP contribution in [0.15, 0.2) is 114 Å². The van der Waals surface area contributed by atoms with Crippen molar-refractivity contribution in [3.63, 3.8) is 0 Å². The first-order valence-corrected chi connectivity index (χ1v) is 11.5. The number of carbonyl (C=O) groups is 1. The summed E-state index contributed by atoms with van der Waals surface area (Å²) >= 11 is 0. The van der Waals surface area contributed by atoms with Gasteiger partial charge in [-0.3, -0.25) is 9.69 Å². The maximum Gasteiger partial charge on any atom is 0.257 e. The average Bonchev–Trinajstić information content (AvgIpc) is 3.12. The van der Waals surface area contributed by atoms with Crippen molar-refractivity contribution in [2.75, 3.05) is 18.5 Å². The molecule has 33 heavy (non-hydrogen) atoms. The number of ether oxygens (including phenoxy) is 1. The number of nitrogens with one attached hydrogen (secondary N) is 1. The number of carbonyl (C=O) groups excluding carboxylic acids is 1. The molecule has 0 spiro atoms. The normalized spacial score (nSPS) is 19.6. The van der Waals surface area contributed by atoms with Crippen LogP contribution in [0.5, 0.6) is 0 Å². The monoisotopic (exact) mass is 436 g/mol. The zero-order valence-electron chi connectivity index (χ0n) is 18.6. The summed E-state index contributed by atoms with van der Waals surface area (Å²) in [5.41, 5.74) is 4.07. The van der Waals surface area contributed by atoms with E-state index in [1.165, 1.54) is 0 Å². The van der Waals surface area contributed by atoms with Crippen molar-refractivity contribution in [3.05, 3.63) is 125 Å². The number of rotatable bonds is 8. The molecule has 166 valence electrons. The molecule has 0 saturated heterocycles. The Hall–Kier alpha value is -3.63. The standard InChI is InChI=1S/C29H28N2O2/c32-28-26-18-10-11-19-27(26)29(24-14-6-2-7-15-24,31(28)22-23-12-4-1-5-13-23)33-21-20-30-25-16-8-3-9-17-25/h1-10,12-18,30H,11,19-22H2. The second-order valence-corrected chi connectivity index (χ2v) is 8.36. The molecule has 1 aliphatic heterocycles. The molecule has 3 aromatic rings. The SMILES string of the molecule is O=C1C2=C(CCC=C2)C(OCCNc2ccccc2)(c2ccccc2)N1Cc1ccccc1. The summed E-state index contributed by atoms with van der Waals surface area (Å²) in [6.07, 6.45) is 5.79. The third-order valence-electron chi connectivity index (χ3n) is 6.30. The van der Waals surface area contributed by atoms with Crippen LogP contribution in [-0.2, 0) is 21.8 Å². The van der Waals surface area contributed by atoms with E-state index in [1.54, 1.807) is 0 Å². The predicted molar refractivity (Wildman–Crippen MR) is 131 cm³/mol. The molecule has 1 aliphatic carbocycles. The van der Waals surface area contributed by atoms with Gasteiger partial charge in [-0.2, -0.15) is 0 Å². The molecule has 0 bridgehead atoms. The van der Waals surface area contributed by atoms with Gasteiger partial charge in [0.2, 0.25) is 0 Å². The van der Waals surface area contributed by atoms with Gasteiger partial charge >= 0.3 is 0 Å². The lowest BCUT2D eigenvalue weighted by Gasteiger charge is -2.41. The Morgan fingerprint density at radius 3 is 2.27 bits per heavy atom. The van der Waals surface area contributed by atoms with Crippen LogP contribution in [0.25, 0.3) is 0 Å². The van der Waals surface area contributed by atoms with Gasteiger partial charge in [0.1, 0.15) is 0 Å². The zero-order chi connectivity index (χ0) is 22.5. The molecular formula is C29H28N2O2. The van der Waals surface area contributed by atoms with Crippen LogP contribution in [-0.4, -0.2) is 24.0 Å². The number of anilines is 1. The number of allylic oxidation sites excluding steroid dienone is 1. The van der Waals surface area contributed by atoms with E-state index in [4.69, 9.17) is 4.74 Å². The van der Waals surface area contributed by atoms with Crippen molar-refractivity contribution in [1.29, 1.82) is 0 Å². The number of benzene rings is 3. The number of para-hydroxylation sites is 1. The molecule has 0 aromatic heterocycles. The van der Waals surface area contributed by atoms with E-state index in [0.29, 0.717) is 19.7 Å². The lowest BCUT2D eigenvalue weighted by atomic mass is 9.87. The lowest BCUT2D eigenvalue weighted by Crippen LogP contribution is -2.48. The highest BCUT2D eigenvalue weighted by Gasteiger charge is 2.53. The van der Waals surface area contributed by atoms with Crippen LogP contribution in [0.2, 0.25) is 0 Å². The van der Waals surface area contributed by atoms with E-state index in [2.05, 4.69) is 35.7 Å². The molecule has 0 saturated carbocycles. The predicted octanol–water partition coefficient (Wildman–Crippen LogP) is 5.66. The average molecular weight is 437 g/mol. The van der Waals surface area contributed by atoms with Gasteiger partial charge in [-0.05, 0) is 36.1 Å². The summed E-state index contributed by atoms with van der Waals surface area (Å²) in [7, 11) is 0. The number of hydrogen-bond donors (Lipinski definition) is 1. The minimum atomic E-state index is -0.910. The van der Waals surface area contributed by atoms with Gasteiger partial charge in [-0.25, -0.2) is 0 Å². The number of nitrogens with zero attached hydrogens (tertiary/aromatic N) is 1. The minimum absolute atomic E-state index is 0.0321. The van der Waals surface area contributed by atoms with Crippen molar-refractivity contribution >= 4 is 11.6 Å². The van der Waals surface area contributed by atoms with Crippen molar-refractivity contribution in [2.45, 2.75) is 25.1 Å². The van der Waals surface area contributed by atoms with Crippen LogP contribution in [0.4, 0.5) is 5.69 Å². The third kappa shape index (κ3) is 4.10. The van der Waals surface area contributed by atoms with Crippen LogP contribution < -0.4 is 5.32 Å². The lowest BCUT2D eigenvalue weighted by molar-refractivity contribution is -0.159. The van der Waals surface area contributed by atoms with E-state index >= 15 is 0 Å². The molecule has 1 amide bonds. The molecule has 4 heteroatoms. The molecule has 5 rings (SSSR count). The summed E-state index contributed by atoms with van der Waals surface area (Å²) in [5, 5.41) is 3.43. The highest BCUT2D eigenvalue weighted by Crippen LogP contribution is 2.49. The Bertz CT molecular complexity index is 1160.